The van der Waals surface area contributed by atoms with Gasteiger partial charge in [-0.05, 0) is 44.0 Å². The molecule has 0 aliphatic carbocycles. The number of thioether (sulfide) groups is 1. The third-order valence-electron chi connectivity index (χ3n) is 4.10. The number of hydrogen-bond donors (Lipinski definition) is 1. The average Bonchev–Trinajstić information content (AvgIpc) is 3.15. The Morgan fingerprint density at radius 1 is 1.10 bits per heavy atom. The van der Waals surface area contributed by atoms with Gasteiger partial charge in [-0.25, -0.2) is 4.79 Å². The standard InChI is InChI=1S/C22H23Cl2N3O3S/c1-22(2,3)30-20(28)25-18(12-14-8-5-4-6-9-14)19-26-27-21(29-19)31-13-15-16(23)10-7-11-17(15)24/h4-11,18H,12-13H2,1-3H3,(H,25,28)/t18-/m1/s1. The molecule has 3 rings (SSSR count). The highest BCUT2D eigenvalue weighted by atomic mass is 35.5. The Labute approximate surface area is 195 Å². The molecule has 1 amide bonds. The van der Waals surface area contributed by atoms with Crippen molar-refractivity contribution >= 4 is 41.1 Å². The minimum atomic E-state index is -0.620. The van der Waals surface area contributed by atoms with E-state index in [0.29, 0.717) is 33.3 Å². The second-order valence-corrected chi connectivity index (χ2v) is 9.52. The van der Waals surface area contributed by atoms with E-state index in [-0.39, 0.29) is 0 Å². The summed E-state index contributed by atoms with van der Waals surface area (Å²) in [5, 5.41) is 12.6. The molecule has 0 radical (unpaired) electrons. The maximum atomic E-state index is 12.4. The van der Waals surface area contributed by atoms with Gasteiger partial charge in [-0.1, -0.05) is 71.4 Å². The molecule has 0 saturated carbocycles. The predicted molar refractivity (Wildman–Crippen MR) is 123 cm³/mol. The van der Waals surface area contributed by atoms with E-state index in [0.717, 1.165) is 11.1 Å². The Bertz CT molecular complexity index is 1000. The van der Waals surface area contributed by atoms with Gasteiger partial charge in [0.1, 0.15) is 11.6 Å². The Kier molecular flexibility index (Phi) is 7.86. The van der Waals surface area contributed by atoms with Gasteiger partial charge in [0.2, 0.25) is 5.89 Å². The van der Waals surface area contributed by atoms with E-state index in [1.165, 1.54) is 11.8 Å². The fourth-order valence-corrected chi connectivity index (χ4v) is 4.23. The van der Waals surface area contributed by atoms with E-state index in [2.05, 4.69) is 15.5 Å². The molecule has 0 aliphatic heterocycles. The molecule has 164 valence electrons. The topological polar surface area (TPSA) is 77.2 Å². The Balaban J connectivity index is 1.74. The molecule has 3 aromatic rings. The zero-order chi connectivity index (χ0) is 22.4. The van der Waals surface area contributed by atoms with E-state index in [9.17, 15) is 4.79 Å². The lowest BCUT2D eigenvalue weighted by Gasteiger charge is -2.22. The van der Waals surface area contributed by atoms with Gasteiger partial charge < -0.3 is 14.5 Å². The van der Waals surface area contributed by atoms with Crippen molar-refractivity contribution in [2.24, 2.45) is 0 Å². The van der Waals surface area contributed by atoms with Gasteiger partial charge in [-0.2, -0.15) is 0 Å². The molecular formula is C22H23Cl2N3O3S. The quantitative estimate of drug-likeness (QED) is 0.390. The van der Waals surface area contributed by atoms with Gasteiger partial charge in [0, 0.05) is 22.2 Å². The number of nitrogens with one attached hydrogen (secondary N) is 1. The van der Waals surface area contributed by atoms with Crippen molar-refractivity contribution in [3.8, 4) is 0 Å². The number of nitrogens with zero attached hydrogens (tertiary/aromatic N) is 2. The highest BCUT2D eigenvalue weighted by Crippen LogP contribution is 2.31. The smallest absolute Gasteiger partial charge is 0.408 e. The van der Waals surface area contributed by atoms with Crippen molar-refractivity contribution in [2.45, 2.75) is 49.8 Å². The van der Waals surface area contributed by atoms with Crippen LogP contribution in [0.2, 0.25) is 10.0 Å². The van der Waals surface area contributed by atoms with Gasteiger partial charge in [-0.3, -0.25) is 0 Å². The van der Waals surface area contributed by atoms with Crippen LogP contribution in [0.3, 0.4) is 0 Å². The minimum absolute atomic E-state index is 0.294. The molecule has 0 fully saturated rings. The molecule has 9 heteroatoms. The number of hydrogen-bond acceptors (Lipinski definition) is 6. The predicted octanol–water partition coefficient (Wildman–Crippen LogP) is 6.48. The molecule has 31 heavy (non-hydrogen) atoms. The maximum absolute atomic E-state index is 12.4. The molecule has 2 aromatic carbocycles. The molecule has 1 N–H and O–H groups in total. The third kappa shape index (κ3) is 7.16. The molecule has 0 bridgehead atoms. The van der Waals surface area contributed by atoms with Crippen molar-refractivity contribution in [2.75, 3.05) is 0 Å². The van der Waals surface area contributed by atoms with E-state index in [1.807, 2.05) is 30.3 Å². The molecule has 0 spiro atoms. The second kappa shape index (κ2) is 10.4. The van der Waals surface area contributed by atoms with E-state index >= 15 is 0 Å². The first kappa shape index (κ1) is 23.4. The lowest BCUT2D eigenvalue weighted by Crippen LogP contribution is -2.36. The number of benzene rings is 2. The zero-order valence-corrected chi connectivity index (χ0v) is 19.7. The summed E-state index contributed by atoms with van der Waals surface area (Å²) in [5.74, 6) is 0.769. The summed E-state index contributed by atoms with van der Waals surface area (Å²) in [4.78, 5) is 12.4. The van der Waals surface area contributed by atoms with Gasteiger partial charge in [-0.15, -0.1) is 10.2 Å². The van der Waals surface area contributed by atoms with Crippen LogP contribution in [0.25, 0.3) is 0 Å². The first-order valence-corrected chi connectivity index (χ1v) is 11.4. The molecule has 0 aliphatic rings. The van der Waals surface area contributed by atoms with Crippen molar-refractivity contribution in [1.82, 2.24) is 15.5 Å². The Hall–Kier alpha value is -2.22. The van der Waals surface area contributed by atoms with Crippen LogP contribution in [-0.2, 0) is 16.9 Å². The second-order valence-electron chi connectivity index (χ2n) is 7.78. The first-order chi connectivity index (χ1) is 14.7. The Morgan fingerprint density at radius 2 is 1.77 bits per heavy atom. The van der Waals surface area contributed by atoms with Crippen molar-refractivity contribution in [3.63, 3.8) is 0 Å². The van der Waals surface area contributed by atoms with Crippen molar-refractivity contribution in [1.29, 1.82) is 0 Å². The number of carbonyl (C=O) groups is 1. The normalized spacial score (nSPS) is 12.4. The number of alkyl carbamates (subject to hydrolysis) is 1. The number of halogens is 2. The van der Waals surface area contributed by atoms with Crippen LogP contribution in [0.4, 0.5) is 4.79 Å². The van der Waals surface area contributed by atoms with Crippen LogP contribution in [0.15, 0.2) is 58.2 Å². The summed E-state index contributed by atoms with van der Waals surface area (Å²) >= 11 is 13.8. The van der Waals surface area contributed by atoms with Gasteiger partial charge in [0.25, 0.3) is 5.22 Å². The summed E-state index contributed by atoms with van der Waals surface area (Å²) in [5.41, 5.74) is 1.19. The summed E-state index contributed by atoms with van der Waals surface area (Å²) in [7, 11) is 0. The molecule has 0 saturated heterocycles. The first-order valence-electron chi connectivity index (χ1n) is 9.64. The highest BCUT2D eigenvalue weighted by molar-refractivity contribution is 7.98. The Morgan fingerprint density at radius 3 is 2.42 bits per heavy atom. The van der Waals surface area contributed by atoms with E-state index in [1.54, 1.807) is 39.0 Å². The fraction of sp³-hybridized carbons (Fsp3) is 0.318. The third-order valence-corrected chi connectivity index (χ3v) is 5.65. The summed E-state index contributed by atoms with van der Waals surface area (Å²) in [6.07, 6.45) is -0.0772. The van der Waals surface area contributed by atoms with Crippen molar-refractivity contribution < 1.29 is 13.9 Å². The molecule has 1 atom stereocenters. The van der Waals surface area contributed by atoms with Crippen LogP contribution in [0, 0.1) is 0 Å². The molecule has 1 aromatic heterocycles. The SMILES string of the molecule is CC(C)(C)OC(=O)N[C@H](Cc1ccccc1)c1nnc(SCc2c(Cl)cccc2Cl)o1. The van der Waals surface area contributed by atoms with Gasteiger partial charge in [0.05, 0.1) is 0 Å². The van der Waals surface area contributed by atoms with Crippen LogP contribution in [-0.4, -0.2) is 21.9 Å². The zero-order valence-electron chi connectivity index (χ0n) is 17.4. The van der Waals surface area contributed by atoms with Crippen LogP contribution < -0.4 is 5.32 Å². The molecule has 6 nitrogen and oxygen atoms in total. The summed E-state index contributed by atoms with van der Waals surface area (Å²) in [6, 6.07) is 14.5. The van der Waals surface area contributed by atoms with Crippen molar-refractivity contribution in [3.05, 3.63) is 75.6 Å². The number of carbonyl (C=O) groups excluding carboxylic acids is 1. The molecular weight excluding hydrogens is 457 g/mol. The number of amides is 1. The maximum Gasteiger partial charge on any atom is 0.408 e. The lowest BCUT2D eigenvalue weighted by molar-refractivity contribution is 0.0494. The largest absolute Gasteiger partial charge is 0.444 e. The van der Waals surface area contributed by atoms with Crippen LogP contribution in [0.5, 0.6) is 0 Å². The average molecular weight is 480 g/mol. The number of ether oxygens (including phenoxy) is 1. The van der Waals surface area contributed by atoms with Crippen LogP contribution >= 0.6 is 35.0 Å². The van der Waals surface area contributed by atoms with Gasteiger partial charge in [0.15, 0.2) is 0 Å². The minimum Gasteiger partial charge on any atom is -0.444 e. The molecule has 1 heterocycles. The fourth-order valence-electron chi connectivity index (χ4n) is 2.72. The summed E-state index contributed by atoms with van der Waals surface area (Å²) < 4.78 is 11.2. The van der Waals surface area contributed by atoms with Crippen LogP contribution in [0.1, 0.15) is 43.8 Å². The highest BCUT2D eigenvalue weighted by Gasteiger charge is 2.25. The number of aromatic nitrogens is 2. The van der Waals surface area contributed by atoms with E-state index in [4.69, 9.17) is 32.4 Å². The number of rotatable bonds is 7. The van der Waals surface area contributed by atoms with E-state index < -0.39 is 17.7 Å². The monoisotopic (exact) mass is 479 g/mol. The lowest BCUT2D eigenvalue weighted by atomic mass is 10.1. The van der Waals surface area contributed by atoms with Gasteiger partial charge >= 0.3 is 6.09 Å². The molecule has 0 unspecified atom stereocenters. The summed E-state index contributed by atoms with van der Waals surface area (Å²) in [6.45, 7) is 5.42.